The summed E-state index contributed by atoms with van der Waals surface area (Å²) in [6.07, 6.45) is 18.3. The summed E-state index contributed by atoms with van der Waals surface area (Å²) in [5.41, 5.74) is -1.20. The monoisotopic (exact) mass is 443 g/mol. The molecule has 0 heterocycles. The van der Waals surface area contributed by atoms with Crippen LogP contribution in [0.5, 0.6) is 0 Å². The molecule has 0 aliphatic carbocycles. The Labute approximate surface area is 190 Å². The smallest absolute Gasteiger partial charge is 0.308 e. The molecule has 0 saturated carbocycles. The molecule has 6 heteroatoms. The first-order valence-electron chi connectivity index (χ1n) is 12.4. The van der Waals surface area contributed by atoms with Crippen molar-refractivity contribution in [1.29, 1.82) is 0 Å². The van der Waals surface area contributed by atoms with E-state index in [0.717, 1.165) is 32.1 Å². The van der Waals surface area contributed by atoms with Crippen molar-refractivity contribution in [2.45, 2.75) is 129 Å². The summed E-state index contributed by atoms with van der Waals surface area (Å²) in [6, 6.07) is 0. The van der Waals surface area contributed by atoms with Crippen molar-refractivity contribution in [2.75, 3.05) is 13.2 Å². The molecule has 3 atom stereocenters. The maximum atomic E-state index is 11.9. The van der Waals surface area contributed by atoms with Crippen LogP contribution < -0.4 is 5.32 Å². The number of ether oxygens (including phenoxy) is 1. The highest BCUT2D eigenvalue weighted by atomic mass is 16.6. The number of hydrogen-bond donors (Lipinski definition) is 4. The highest BCUT2D eigenvalue weighted by molar-refractivity contribution is 5.69. The summed E-state index contributed by atoms with van der Waals surface area (Å²) in [6.45, 7) is 5.16. The van der Waals surface area contributed by atoms with Crippen LogP contribution in [0.3, 0.4) is 0 Å². The Hall–Kier alpha value is -0.950. The van der Waals surface area contributed by atoms with Gasteiger partial charge in [-0.2, -0.15) is 0 Å². The van der Waals surface area contributed by atoms with Crippen LogP contribution in [0.4, 0.5) is 0 Å². The molecule has 0 bridgehead atoms. The minimum absolute atomic E-state index is 0.180. The predicted molar refractivity (Wildman–Crippen MR) is 127 cm³/mol. The van der Waals surface area contributed by atoms with E-state index in [1.807, 2.05) is 0 Å². The lowest BCUT2D eigenvalue weighted by Gasteiger charge is -2.33. The van der Waals surface area contributed by atoms with Crippen LogP contribution in [-0.4, -0.2) is 52.4 Å². The molecule has 0 spiro atoms. The van der Waals surface area contributed by atoms with Gasteiger partial charge in [0.2, 0.25) is 6.29 Å². The first-order chi connectivity index (χ1) is 14.9. The van der Waals surface area contributed by atoms with Crippen molar-refractivity contribution < 1.29 is 24.9 Å². The predicted octanol–water partition coefficient (Wildman–Crippen LogP) is 4.61. The van der Waals surface area contributed by atoms with E-state index in [0.29, 0.717) is 0 Å². The van der Waals surface area contributed by atoms with Crippen LogP contribution in [0, 0.1) is 0 Å². The lowest BCUT2D eigenvalue weighted by atomic mass is 10.0. The van der Waals surface area contributed by atoms with Crippen LogP contribution >= 0.6 is 0 Å². The molecule has 0 aliphatic rings. The second-order valence-electron chi connectivity index (χ2n) is 8.98. The summed E-state index contributed by atoms with van der Waals surface area (Å²) >= 11 is 0. The first-order valence-corrected chi connectivity index (χ1v) is 12.4. The zero-order valence-corrected chi connectivity index (χ0v) is 20.3. The third-order valence-corrected chi connectivity index (χ3v) is 5.56. The summed E-state index contributed by atoms with van der Waals surface area (Å²) < 4.78 is 5.06. The van der Waals surface area contributed by atoms with Gasteiger partial charge in [-0.1, -0.05) is 70.4 Å². The van der Waals surface area contributed by atoms with Crippen LogP contribution in [0.2, 0.25) is 0 Å². The molecule has 0 aromatic carbocycles. The van der Waals surface area contributed by atoms with Crippen molar-refractivity contribution in [3.63, 3.8) is 0 Å². The molecule has 0 aromatic heterocycles. The van der Waals surface area contributed by atoms with Crippen LogP contribution in [0.25, 0.3) is 0 Å². The van der Waals surface area contributed by atoms with E-state index < -0.39 is 30.5 Å². The summed E-state index contributed by atoms with van der Waals surface area (Å²) in [4.78, 5) is 11.9. The summed E-state index contributed by atoms with van der Waals surface area (Å²) in [7, 11) is 0. The van der Waals surface area contributed by atoms with Gasteiger partial charge in [0.15, 0.2) is 0 Å². The molecule has 0 amide bonds. The lowest BCUT2D eigenvalue weighted by Crippen LogP contribution is -2.57. The van der Waals surface area contributed by atoms with E-state index in [1.165, 1.54) is 51.4 Å². The van der Waals surface area contributed by atoms with E-state index in [-0.39, 0.29) is 13.0 Å². The quantitative estimate of drug-likeness (QED) is 0.0895. The van der Waals surface area contributed by atoms with Gasteiger partial charge < -0.3 is 25.4 Å². The van der Waals surface area contributed by atoms with Gasteiger partial charge in [0.1, 0.15) is 5.54 Å². The molecule has 6 nitrogen and oxygen atoms in total. The molecule has 0 radical (unpaired) electrons. The fourth-order valence-electron chi connectivity index (χ4n) is 3.26. The zero-order chi connectivity index (χ0) is 23.4. The third-order valence-electron chi connectivity index (χ3n) is 5.56. The van der Waals surface area contributed by atoms with Crippen molar-refractivity contribution in [3.8, 4) is 0 Å². The Bertz CT molecular complexity index is 455. The topological polar surface area (TPSA) is 99.0 Å². The number of carbonyl (C=O) groups excluding carboxylic acids is 1. The second kappa shape index (κ2) is 19.7. The molecule has 184 valence electrons. The normalized spacial score (nSPS) is 15.7. The molecule has 0 fully saturated rings. The highest BCUT2D eigenvalue weighted by Crippen LogP contribution is 2.14. The SMILES string of the molecule is CCCCCCCCC=CCCCCCCCC(=O)OC(O)C(C)(CO)NCC(C)O. The Morgan fingerprint density at radius 3 is 1.97 bits per heavy atom. The number of β-amino-alcohol motifs (C(OH)–C–C–N with tert-alkyl or cyclic N) is 1. The lowest BCUT2D eigenvalue weighted by molar-refractivity contribution is -0.185. The Kier molecular flexibility index (Phi) is 19.1. The van der Waals surface area contributed by atoms with Crippen molar-refractivity contribution in [1.82, 2.24) is 5.32 Å². The maximum absolute atomic E-state index is 11.9. The van der Waals surface area contributed by atoms with Crippen LogP contribution in [-0.2, 0) is 9.53 Å². The van der Waals surface area contributed by atoms with E-state index in [9.17, 15) is 20.1 Å². The molecular formula is C25H49NO5. The molecule has 0 aliphatic heterocycles. The number of esters is 1. The number of aliphatic hydroxyl groups is 3. The molecule has 0 rings (SSSR count). The van der Waals surface area contributed by atoms with E-state index in [2.05, 4.69) is 24.4 Å². The second-order valence-corrected chi connectivity index (χ2v) is 8.98. The van der Waals surface area contributed by atoms with E-state index in [1.54, 1.807) is 13.8 Å². The zero-order valence-electron chi connectivity index (χ0n) is 20.3. The average Bonchev–Trinajstić information content (AvgIpc) is 2.74. The molecule has 0 saturated heterocycles. The number of rotatable bonds is 21. The van der Waals surface area contributed by atoms with Gasteiger partial charge in [0, 0.05) is 13.0 Å². The number of carbonyl (C=O) groups is 1. The summed E-state index contributed by atoms with van der Waals surface area (Å²) in [5.74, 6) is -0.469. The van der Waals surface area contributed by atoms with Gasteiger partial charge >= 0.3 is 5.97 Å². The van der Waals surface area contributed by atoms with Gasteiger partial charge in [-0.3, -0.25) is 4.79 Å². The Morgan fingerprint density at radius 2 is 1.45 bits per heavy atom. The first kappa shape index (κ1) is 30.0. The average molecular weight is 444 g/mol. The molecule has 3 unspecified atom stereocenters. The fraction of sp³-hybridized carbons (Fsp3) is 0.880. The Morgan fingerprint density at radius 1 is 0.935 bits per heavy atom. The molecule has 0 aromatic rings. The maximum Gasteiger partial charge on any atom is 0.308 e. The fourth-order valence-corrected chi connectivity index (χ4v) is 3.26. The van der Waals surface area contributed by atoms with Crippen molar-refractivity contribution >= 4 is 5.97 Å². The van der Waals surface area contributed by atoms with Crippen molar-refractivity contribution in [3.05, 3.63) is 12.2 Å². The van der Waals surface area contributed by atoms with Crippen LogP contribution in [0.15, 0.2) is 12.2 Å². The van der Waals surface area contributed by atoms with Gasteiger partial charge in [-0.05, 0) is 46.0 Å². The minimum Gasteiger partial charge on any atom is -0.434 e. The number of aliphatic hydroxyl groups excluding tert-OH is 3. The molecule has 31 heavy (non-hydrogen) atoms. The number of nitrogens with one attached hydrogen (secondary N) is 1. The highest BCUT2D eigenvalue weighted by Gasteiger charge is 2.35. The minimum atomic E-state index is -1.47. The number of unbranched alkanes of at least 4 members (excludes halogenated alkanes) is 11. The van der Waals surface area contributed by atoms with Crippen molar-refractivity contribution in [2.24, 2.45) is 0 Å². The standard InChI is InChI=1S/C25H49NO5/c1-4-5-6-7-8-9-10-11-12-13-14-15-16-17-18-19-23(29)31-24(30)25(3,21-27)26-20-22(2)28/h11-12,22,24,26-28,30H,4-10,13-21H2,1-3H3. The molecular weight excluding hydrogens is 394 g/mol. The summed E-state index contributed by atoms with van der Waals surface area (Å²) in [5, 5.41) is 31.8. The van der Waals surface area contributed by atoms with Crippen LogP contribution in [0.1, 0.15) is 111 Å². The van der Waals surface area contributed by atoms with Gasteiger partial charge in [-0.25, -0.2) is 0 Å². The molecule has 4 N–H and O–H groups in total. The number of allylic oxidation sites excluding steroid dienone is 2. The third kappa shape index (κ3) is 17.3. The van der Waals surface area contributed by atoms with Gasteiger partial charge in [0.25, 0.3) is 0 Å². The Balaban J connectivity index is 3.67. The van der Waals surface area contributed by atoms with E-state index >= 15 is 0 Å². The van der Waals surface area contributed by atoms with Gasteiger partial charge in [-0.15, -0.1) is 0 Å². The van der Waals surface area contributed by atoms with Gasteiger partial charge in [0.05, 0.1) is 12.7 Å². The largest absolute Gasteiger partial charge is 0.434 e. The van der Waals surface area contributed by atoms with E-state index in [4.69, 9.17) is 4.74 Å². The number of hydrogen-bond acceptors (Lipinski definition) is 6.